The lowest BCUT2D eigenvalue weighted by atomic mass is 9.98. The van der Waals surface area contributed by atoms with Gasteiger partial charge < -0.3 is 9.47 Å². The van der Waals surface area contributed by atoms with Gasteiger partial charge in [-0.25, -0.2) is 0 Å². The van der Waals surface area contributed by atoms with Crippen molar-refractivity contribution in [1.82, 2.24) is 4.57 Å². The molecular weight excluding hydrogens is 266 g/mol. The number of rotatable bonds is 2. The summed E-state index contributed by atoms with van der Waals surface area (Å²) >= 11 is 0. The second kappa shape index (κ2) is 4.81. The van der Waals surface area contributed by atoms with Crippen LogP contribution in [0.2, 0.25) is 0 Å². The predicted molar refractivity (Wildman–Crippen MR) is 81.8 cm³/mol. The van der Waals surface area contributed by atoms with E-state index in [4.69, 9.17) is 9.47 Å². The van der Waals surface area contributed by atoms with Crippen LogP contribution >= 0.6 is 0 Å². The number of fused-ring (bicyclic) bond motifs is 1. The van der Waals surface area contributed by atoms with Crippen molar-refractivity contribution in [2.24, 2.45) is 0 Å². The Morgan fingerprint density at radius 3 is 2.71 bits per heavy atom. The second-order valence-corrected chi connectivity index (χ2v) is 5.51. The molecule has 2 aromatic rings. The van der Waals surface area contributed by atoms with Gasteiger partial charge in [-0.05, 0) is 44.2 Å². The van der Waals surface area contributed by atoms with Crippen LogP contribution in [0.15, 0.2) is 53.5 Å². The van der Waals surface area contributed by atoms with E-state index in [1.807, 2.05) is 44.2 Å². The third-order valence-electron chi connectivity index (χ3n) is 3.40. The lowest BCUT2D eigenvalue weighted by Gasteiger charge is -2.31. The minimum atomic E-state index is -0.480. The molecule has 0 N–H and O–H groups in total. The van der Waals surface area contributed by atoms with Crippen molar-refractivity contribution in [3.05, 3.63) is 64.6 Å². The van der Waals surface area contributed by atoms with Crippen LogP contribution < -0.4 is 15.0 Å². The number of pyridine rings is 1. The van der Waals surface area contributed by atoms with Crippen LogP contribution in [-0.2, 0) is 0 Å². The van der Waals surface area contributed by atoms with E-state index in [0.717, 1.165) is 22.8 Å². The molecule has 0 fully saturated rings. The summed E-state index contributed by atoms with van der Waals surface area (Å²) in [5.74, 6) is 1.47. The number of ether oxygens (including phenoxy) is 2. The maximum atomic E-state index is 12.1. The van der Waals surface area contributed by atoms with Crippen molar-refractivity contribution in [2.75, 3.05) is 7.11 Å². The monoisotopic (exact) mass is 283 g/mol. The highest BCUT2D eigenvalue weighted by molar-refractivity contribution is 5.74. The normalized spacial score (nSPS) is 15.7. The largest absolute Gasteiger partial charge is 0.497 e. The highest BCUT2D eigenvalue weighted by atomic mass is 16.5. The SMILES string of the molecule is COc1ccc2c(c1)C(n1ccccc1=O)=CC(C)(C)O2. The van der Waals surface area contributed by atoms with Gasteiger partial charge >= 0.3 is 0 Å². The molecular formula is C17H17NO3. The fourth-order valence-electron chi connectivity index (χ4n) is 2.47. The molecule has 2 heterocycles. The molecule has 4 nitrogen and oxygen atoms in total. The Hall–Kier alpha value is -2.49. The minimum Gasteiger partial charge on any atom is -0.497 e. The zero-order valence-corrected chi connectivity index (χ0v) is 12.3. The number of nitrogens with zero attached hydrogens (tertiary/aromatic N) is 1. The lowest BCUT2D eigenvalue weighted by molar-refractivity contribution is 0.157. The van der Waals surface area contributed by atoms with E-state index in [1.54, 1.807) is 30.0 Å². The van der Waals surface area contributed by atoms with Crippen LogP contribution in [0.25, 0.3) is 5.70 Å². The van der Waals surface area contributed by atoms with E-state index in [1.165, 1.54) is 0 Å². The zero-order chi connectivity index (χ0) is 15.0. The summed E-state index contributed by atoms with van der Waals surface area (Å²) in [6.07, 6.45) is 3.72. The van der Waals surface area contributed by atoms with E-state index in [-0.39, 0.29) is 5.56 Å². The molecule has 4 heteroatoms. The number of hydrogen-bond acceptors (Lipinski definition) is 3. The molecule has 0 saturated heterocycles. The van der Waals surface area contributed by atoms with Crippen LogP contribution in [0.1, 0.15) is 19.4 Å². The molecule has 0 amide bonds. The Balaban J connectivity index is 2.25. The maximum Gasteiger partial charge on any atom is 0.255 e. The Morgan fingerprint density at radius 2 is 2.00 bits per heavy atom. The first-order valence-electron chi connectivity index (χ1n) is 6.78. The summed E-state index contributed by atoms with van der Waals surface area (Å²) in [7, 11) is 1.62. The predicted octanol–water partition coefficient (Wildman–Crippen LogP) is 2.92. The lowest BCUT2D eigenvalue weighted by Crippen LogP contribution is -2.32. The van der Waals surface area contributed by atoms with E-state index in [2.05, 4.69) is 0 Å². The van der Waals surface area contributed by atoms with Gasteiger partial charge in [0.15, 0.2) is 0 Å². The van der Waals surface area contributed by atoms with Gasteiger partial charge in [-0.1, -0.05) is 6.07 Å². The van der Waals surface area contributed by atoms with E-state index in [9.17, 15) is 4.79 Å². The Kier molecular flexibility index (Phi) is 3.09. The number of benzene rings is 1. The third-order valence-corrected chi connectivity index (χ3v) is 3.40. The van der Waals surface area contributed by atoms with Crippen molar-refractivity contribution >= 4 is 5.70 Å². The highest BCUT2D eigenvalue weighted by Crippen LogP contribution is 2.38. The molecule has 0 spiro atoms. The summed E-state index contributed by atoms with van der Waals surface area (Å²) in [5, 5.41) is 0. The van der Waals surface area contributed by atoms with Crippen molar-refractivity contribution in [1.29, 1.82) is 0 Å². The highest BCUT2D eigenvalue weighted by Gasteiger charge is 2.28. The Labute approximate surface area is 123 Å². The molecule has 0 radical (unpaired) electrons. The fraction of sp³-hybridized carbons (Fsp3) is 0.235. The zero-order valence-electron chi connectivity index (χ0n) is 12.3. The van der Waals surface area contributed by atoms with Gasteiger partial charge in [-0.2, -0.15) is 0 Å². The first kappa shape index (κ1) is 13.5. The second-order valence-electron chi connectivity index (χ2n) is 5.51. The molecule has 0 aliphatic carbocycles. The van der Waals surface area contributed by atoms with Crippen LogP contribution in [0.4, 0.5) is 0 Å². The number of aromatic nitrogens is 1. The first-order chi connectivity index (χ1) is 10.00. The van der Waals surface area contributed by atoms with Gasteiger partial charge in [0.05, 0.1) is 12.8 Å². The Morgan fingerprint density at radius 1 is 1.19 bits per heavy atom. The standard InChI is InChI=1S/C17H17NO3/c1-17(2)11-14(18-9-5-4-6-16(18)19)13-10-12(20-3)7-8-15(13)21-17/h4-11H,1-3H3. The quantitative estimate of drug-likeness (QED) is 0.851. The maximum absolute atomic E-state index is 12.1. The summed E-state index contributed by atoms with van der Waals surface area (Å²) < 4.78 is 12.9. The summed E-state index contributed by atoms with van der Waals surface area (Å²) in [4.78, 5) is 12.1. The van der Waals surface area contributed by atoms with Crippen LogP contribution in [-0.4, -0.2) is 17.3 Å². The molecule has 108 valence electrons. The summed E-state index contributed by atoms with van der Waals surface area (Å²) in [6.45, 7) is 3.93. The summed E-state index contributed by atoms with van der Waals surface area (Å²) in [6, 6.07) is 10.7. The van der Waals surface area contributed by atoms with Gasteiger partial charge in [-0.3, -0.25) is 9.36 Å². The molecule has 21 heavy (non-hydrogen) atoms. The molecule has 0 bridgehead atoms. The van der Waals surface area contributed by atoms with Gasteiger partial charge in [0.1, 0.15) is 17.1 Å². The van der Waals surface area contributed by atoms with Crippen LogP contribution in [0.3, 0.4) is 0 Å². The van der Waals surface area contributed by atoms with E-state index in [0.29, 0.717) is 0 Å². The number of methoxy groups -OCH3 is 1. The van der Waals surface area contributed by atoms with Crippen molar-refractivity contribution in [3.8, 4) is 11.5 Å². The van der Waals surface area contributed by atoms with E-state index >= 15 is 0 Å². The van der Waals surface area contributed by atoms with Gasteiger partial charge in [0, 0.05) is 17.8 Å². The smallest absolute Gasteiger partial charge is 0.255 e. The van der Waals surface area contributed by atoms with Gasteiger partial charge in [0.2, 0.25) is 0 Å². The molecule has 1 aliphatic heterocycles. The average molecular weight is 283 g/mol. The van der Waals surface area contributed by atoms with Crippen LogP contribution in [0, 0.1) is 0 Å². The summed E-state index contributed by atoms with van der Waals surface area (Å²) in [5.41, 5.74) is 1.11. The molecule has 3 rings (SSSR count). The molecule has 0 saturated carbocycles. The van der Waals surface area contributed by atoms with Crippen molar-refractivity contribution in [2.45, 2.75) is 19.4 Å². The molecule has 0 unspecified atom stereocenters. The fourth-order valence-corrected chi connectivity index (χ4v) is 2.47. The molecule has 1 aromatic carbocycles. The first-order valence-corrected chi connectivity index (χ1v) is 6.78. The van der Waals surface area contributed by atoms with Crippen LogP contribution in [0.5, 0.6) is 11.5 Å². The minimum absolute atomic E-state index is 0.0739. The molecule has 1 aromatic heterocycles. The third kappa shape index (κ3) is 2.44. The Bertz CT molecular complexity index is 772. The van der Waals surface area contributed by atoms with E-state index < -0.39 is 5.60 Å². The topological polar surface area (TPSA) is 40.5 Å². The van der Waals surface area contributed by atoms with Crippen molar-refractivity contribution in [3.63, 3.8) is 0 Å². The van der Waals surface area contributed by atoms with Gasteiger partial charge in [-0.15, -0.1) is 0 Å². The van der Waals surface area contributed by atoms with Gasteiger partial charge in [0.25, 0.3) is 5.56 Å². The number of hydrogen-bond donors (Lipinski definition) is 0. The average Bonchev–Trinajstić information content (AvgIpc) is 2.46. The molecule has 0 atom stereocenters. The molecule has 1 aliphatic rings. The van der Waals surface area contributed by atoms with Crippen molar-refractivity contribution < 1.29 is 9.47 Å².